The number of nitrogens with zero attached hydrogens (tertiary/aromatic N) is 2. The maximum absolute atomic E-state index is 11.1. The molecule has 0 aliphatic heterocycles. The molecule has 0 aliphatic carbocycles. The lowest BCUT2D eigenvalue weighted by molar-refractivity contribution is -0.139. The molecule has 5 nitrogen and oxygen atoms in total. The van der Waals surface area contributed by atoms with E-state index < -0.39 is 10.7 Å². The standard InChI is InChI=1S/C8H13N3O2S/c1-3-4-8(2,6(12)13)14-7-9-5-10-11-7/h5H,3-4H2,1-2H3,(H,12,13)(H,9,10,11). The Hall–Kier alpha value is -1.04. The summed E-state index contributed by atoms with van der Waals surface area (Å²) in [7, 11) is 0. The van der Waals surface area contributed by atoms with Gasteiger partial charge in [-0.1, -0.05) is 25.1 Å². The first-order chi connectivity index (χ1) is 6.58. The summed E-state index contributed by atoms with van der Waals surface area (Å²) in [4.78, 5) is 15.0. The van der Waals surface area contributed by atoms with Gasteiger partial charge in [0.2, 0.25) is 0 Å². The Balaban J connectivity index is 2.74. The van der Waals surface area contributed by atoms with Crippen molar-refractivity contribution in [2.45, 2.75) is 36.6 Å². The molecule has 1 aromatic heterocycles. The SMILES string of the molecule is CCCC(C)(Sc1ncn[nH]1)C(=O)O. The molecule has 1 rings (SSSR count). The predicted octanol–water partition coefficient (Wildman–Crippen LogP) is 1.54. The number of H-pyrrole nitrogens is 1. The highest BCUT2D eigenvalue weighted by atomic mass is 32.2. The van der Waals surface area contributed by atoms with Crippen molar-refractivity contribution >= 4 is 17.7 Å². The van der Waals surface area contributed by atoms with Crippen LogP contribution in [0.3, 0.4) is 0 Å². The molecule has 1 aromatic rings. The van der Waals surface area contributed by atoms with Crippen molar-refractivity contribution < 1.29 is 9.90 Å². The summed E-state index contributed by atoms with van der Waals surface area (Å²) >= 11 is 1.20. The van der Waals surface area contributed by atoms with Crippen LogP contribution >= 0.6 is 11.8 Å². The third-order valence-electron chi connectivity index (χ3n) is 1.89. The Bertz CT molecular complexity index is 302. The summed E-state index contributed by atoms with van der Waals surface area (Å²) in [6, 6.07) is 0. The summed E-state index contributed by atoms with van der Waals surface area (Å²) in [5, 5.41) is 15.9. The van der Waals surface area contributed by atoms with E-state index in [9.17, 15) is 4.79 Å². The van der Waals surface area contributed by atoms with Gasteiger partial charge in [-0.3, -0.25) is 9.89 Å². The van der Waals surface area contributed by atoms with Crippen molar-refractivity contribution in [2.75, 3.05) is 0 Å². The van der Waals surface area contributed by atoms with Gasteiger partial charge in [0.15, 0.2) is 5.16 Å². The maximum Gasteiger partial charge on any atom is 0.319 e. The lowest BCUT2D eigenvalue weighted by Gasteiger charge is -2.21. The Morgan fingerprint density at radius 2 is 2.50 bits per heavy atom. The van der Waals surface area contributed by atoms with Crippen LogP contribution in [0.1, 0.15) is 26.7 Å². The zero-order valence-corrected chi connectivity index (χ0v) is 8.97. The second kappa shape index (κ2) is 4.45. The molecule has 0 aromatic carbocycles. The van der Waals surface area contributed by atoms with E-state index in [-0.39, 0.29) is 0 Å². The predicted molar refractivity (Wildman–Crippen MR) is 53.2 cm³/mol. The average Bonchev–Trinajstić information content (AvgIpc) is 2.56. The number of aromatic nitrogens is 3. The fourth-order valence-electron chi connectivity index (χ4n) is 1.14. The monoisotopic (exact) mass is 215 g/mol. The van der Waals surface area contributed by atoms with Crippen LogP contribution < -0.4 is 0 Å². The molecule has 0 saturated carbocycles. The van der Waals surface area contributed by atoms with E-state index in [4.69, 9.17) is 5.11 Å². The fraction of sp³-hybridized carbons (Fsp3) is 0.625. The highest BCUT2D eigenvalue weighted by molar-refractivity contribution is 8.01. The van der Waals surface area contributed by atoms with Crippen LogP contribution in [0.5, 0.6) is 0 Å². The largest absolute Gasteiger partial charge is 0.480 e. The number of hydrogen-bond acceptors (Lipinski definition) is 4. The van der Waals surface area contributed by atoms with Gasteiger partial charge in [-0.05, 0) is 13.3 Å². The van der Waals surface area contributed by atoms with E-state index in [0.717, 1.165) is 6.42 Å². The zero-order chi connectivity index (χ0) is 10.6. The number of carboxylic acid groups (broad SMARTS) is 1. The van der Waals surface area contributed by atoms with Gasteiger partial charge in [-0.2, -0.15) is 5.10 Å². The normalized spacial score (nSPS) is 15.0. The first-order valence-corrected chi connectivity index (χ1v) is 5.18. The van der Waals surface area contributed by atoms with Crippen molar-refractivity contribution in [3.8, 4) is 0 Å². The molecule has 6 heteroatoms. The minimum atomic E-state index is -0.825. The van der Waals surface area contributed by atoms with Gasteiger partial charge < -0.3 is 5.11 Å². The molecular formula is C8H13N3O2S. The molecule has 0 spiro atoms. The zero-order valence-electron chi connectivity index (χ0n) is 8.15. The minimum absolute atomic E-state index is 0.545. The van der Waals surface area contributed by atoms with Crippen LogP contribution in [-0.4, -0.2) is 31.0 Å². The molecule has 1 heterocycles. The van der Waals surface area contributed by atoms with Gasteiger partial charge in [0, 0.05) is 0 Å². The van der Waals surface area contributed by atoms with Crippen LogP contribution in [0, 0.1) is 0 Å². The second-order valence-corrected chi connectivity index (χ2v) is 4.67. The van der Waals surface area contributed by atoms with Crippen LogP contribution in [0.2, 0.25) is 0 Å². The van der Waals surface area contributed by atoms with Crippen molar-refractivity contribution in [1.82, 2.24) is 15.2 Å². The molecule has 0 aliphatic rings. The number of thioether (sulfide) groups is 1. The van der Waals surface area contributed by atoms with Crippen molar-refractivity contribution in [3.63, 3.8) is 0 Å². The Morgan fingerprint density at radius 3 is 2.93 bits per heavy atom. The molecule has 0 amide bonds. The number of carbonyl (C=O) groups is 1. The third kappa shape index (κ3) is 2.47. The molecular weight excluding hydrogens is 202 g/mol. The number of nitrogens with one attached hydrogen (secondary N) is 1. The second-order valence-electron chi connectivity index (χ2n) is 3.18. The van der Waals surface area contributed by atoms with E-state index in [2.05, 4.69) is 15.2 Å². The van der Waals surface area contributed by atoms with Crippen molar-refractivity contribution in [3.05, 3.63) is 6.33 Å². The average molecular weight is 215 g/mol. The molecule has 0 bridgehead atoms. The lowest BCUT2D eigenvalue weighted by Crippen LogP contribution is -2.31. The van der Waals surface area contributed by atoms with E-state index in [1.54, 1.807) is 6.92 Å². The van der Waals surface area contributed by atoms with Crippen LogP contribution in [0.25, 0.3) is 0 Å². The van der Waals surface area contributed by atoms with Gasteiger partial charge in [0.05, 0.1) is 0 Å². The van der Waals surface area contributed by atoms with E-state index >= 15 is 0 Å². The van der Waals surface area contributed by atoms with Crippen LogP contribution in [-0.2, 0) is 4.79 Å². The minimum Gasteiger partial charge on any atom is -0.480 e. The van der Waals surface area contributed by atoms with E-state index in [1.165, 1.54) is 18.1 Å². The van der Waals surface area contributed by atoms with Gasteiger partial charge in [-0.15, -0.1) is 0 Å². The molecule has 2 N–H and O–H groups in total. The molecule has 0 fully saturated rings. The lowest BCUT2D eigenvalue weighted by atomic mass is 10.1. The Labute approximate surface area is 86.3 Å². The first-order valence-electron chi connectivity index (χ1n) is 4.36. The number of aromatic amines is 1. The molecule has 78 valence electrons. The van der Waals surface area contributed by atoms with Gasteiger partial charge >= 0.3 is 5.97 Å². The quantitative estimate of drug-likeness (QED) is 0.728. The summed E-state index contributed by atoms with van der Waals surface area (Å²) in [6.07, 6.45) is 2.80. The Kier molecular flexibility index (Phi) is 3.51. The van der Waals surface area contributed by atoms with Crippen molar-refractivity contribution in [1.29, 1.82) is 0 Å². The highest BCUT2D eigenvalue weighted by Gasteiger charge is 2.34. The third-order valence-corrected chi connectivity index (χ3v) is 3.11. The molecule has 1 unspecified atom stereocenters. The van der Waals surface area contributed by atoms with Gasteiger partial charge in [0.1, 0.15) is 11.1 Å². The summed E-state index contributed by atoms with van der Waals surface area (Å²) in [5.74, 6) is -0.819. The van der Waals surface area contributed by atoms with Gasteiger partial charge in [-0.25, -0.2) is 4.98 Å². The summed E-state index contributed by atoms with van der Waals surface area (Å²) < 4.78 is -0.825. The number of aliphatic carboxylic acids is 1. The van der Waals surface area contributed by atoms with Crippen molar-refractivity contribution in [2.24, 2.45) is 0 Å². The molecule has 1 atom stereocenters. The fourth-order valence-corrected chi connectivity index (χ4v) is 2.15. The highest BCUT2D eigenvalue weighted by Crippen LogP contribution is 2.34. The van der Waals surface area contributed by atoms with E-state index in [1.807, 2.05) is 6.92 Å². The topological polar surface area (TPSA) is 78.9 Å². The number of hydrogen-bond donors (Lipinski definition) is 2. The maximum atomic E-state index is 11.1. The van der Waals surface area contributed by atoms with Crippen LogP contribution in [0.4, 0.5) is 0 Å². The van der Waals surface area contributed by atoms with Gasteiger partial charge in [0.25, 0.3) is 0 Å². The Morgan fingerprint density at radius 1 is 1.79 bits per heavy atom. The summed E-state index contributed by atoms with van der Waals surface area (Å²) in [6.45, 7) is 3.66. The molecule has 0 radical (unpaired) electrons. The number of rotatable bonds is 5. The molecule has 0 saturated heterocycles. The summed E-state index contributed by atoms with van der Waals surface area (Å²) in [5.41, 5.74) is 0. The molecule has 14 heavy (non-hydrogen) atoms. The smallest absolute Gasteiger partial charge is 0.319 e. The first kappa shape index (κ1) is 11.0. The number of carboxylic acids is 1. The van der Waals surface area contributed by atoms with E-state index in [0.29, 0.717) is 11.6 Å². The van der Waals surface area contributed by atoms with Crippen LogP contribution in [0.15, 0.2) is 11.5 Å².